The zero-order chi connectivity index (χ0) is 52.9. The zero-order valence-corrected chi connectivity index (χ0v) is 50.7. The first-order valence-corrected chi connectivity index (χ1v) is 33.6. The monoisotopic (exact) mass is 1020 g/mol. The van der Waals surface area contributed by atoms with Gasteiger partial charge in [-0.15, -0.1) is 0 Å². The van der Waals surface area contributed by atoms with E-state index in [0.717, 1.165) is 50.4 Å². The summed E-state index contributed by atoms with van der Waals surface area (Å²) in [5.41, 5.74) is 0. The van der Waals surface area contributed by atoms with Crippen molar-refractivity contribution in [2.24, 2.45) is 17.8 Å². The Bertz CT molecular complexity index is 1000. The molecule has 0 spiro atoms. The predicted molar refractivity (Wildman–Crippen MR) is 322 cm³/mol. The Kier molecular flexibility index (Phi) is 65.1. The molecule has 1 unspecified atom stereocenters. The highest BCUT2D eigenvalue weighted by molar-refractivity contribution is 5.70. The molecule has 72 heavy (non-hydrogen) atoms. The van der Waals surface area contributed by atoms with Gasteiger partial charge in [0.25, 0.3) is 0 Å². The van der Waals surface area contributed by atoms with Crippen LogP contribution in [0.2, 0.25) is 0 Å². The molecule has 0 rings (SSSR count). The van der Waals surface area contributed by atoms with E-state index in [-0.39, 0.29) is 11.9 Å². The SMILES string of the molecule is CCCCCCCCCCCCCCC(CCCCCCCCCCCCCCCC(C)C)C(=O)O.CCCCCCCCCCCCCCCC(=O)OCCCCCCCCCCCCCCCC(C)C. The van der Waals surface area contributed by atoms with Crippen molar-refractivity contribution in [3.63, 3.8) is 0 Å². The van der Waals surface area contributed by atoms with Gasteiger partial charge in [0.15, 0.2) is 0 Å². The van der Waals surface area contributed by atoms with E-state index in [2.05, 4.69) is 41.5 Å². The van der Waals surface area contributed by atoms with E-state index in [9.17, 15) is 14.7 Å². The van der Waals surface area contributed by atoms with Crippen molar-refractivity contribution in [3.8, 4) is 0 Å². The van der Waals surface area contributed by atoms with Gasteiger partial charge in [-0.05, 0) is 37.5 Å². The minimum atomic E-state index is -0.557. The third-order valence-electron chi connectivity index (χ3n) is 15.8. The lowest BCUT2D eigenvalue weighted by Crippen LogP contribution is -2.13. The minimum absolute atomic E-state index is 0.0259. The molecule has 0 aromatic heterocycles. The fourth-order valence-corrected chi connectivity index (χ4v) is 10.7. The van der Waals surface area contributed by atoms with E-state index in [1.54, 1.807) is 0 Å². The molecule has 0 heterocycles. The summed E-state index contributed by atoms with van der Waals surface area (Å²) < 4.78 is 5.43. The Balaban J connectivity index is 0. The maximum absolute atomic E-state index is 11.9. The van der Waals surface area contributed by atoms with Gasteiger partial charge in [0, 0.05) is 6.42 Å². The average Bonchev–Trinajstić information content (AvgIpc) is 3.36. The third kappa shape index (κ3) is 67.0. The lowest BCUT2D eigenvalue weighted by molar-refractivity contribution is -0.144. The maximum atomic E-state index is 11.9. The Hall–Kier alpha value is -1.06. The van der Waals surface area contributed by atoms with Crippen LogP contribution >= 0.6 is 0 Å². The molecule has 0 amide bonds. The topological polar surface area (TPSA) is 63.6 Å². The number of carboxylic acids is 1. The van der Waals surface area contributed by atoms with Gasteiger partial charge in [0.1, 0.15) is 0 Å². The van der Waals surface area contributed by atoms with Gasteiger partial charge in [-0.2, -0.15) is 0 Å². The summed E-state index contributed by atoms with van der Waals surface area (Å²) in [5.74, 6) is 1.11. The second-order valence-electron chi connectivity index (χ2n) is 24.3. The summed E-state index contributed by atoms with van der Waals surface area (Å²) in [5, 5.41) is 9.58. The third-order valence-corrected chi connectivity index (χ3v) is 15.8. The zero-order valence-electron chi connectivity index (χ0n) is 50.7. The number of rotatable bonds is 60. The van der Waals surface area contributed by atoms with Crippen LogP contribution in [0.5, 0.6) is 0 Å². The Labute approximate surface area is 454 Å². The molecule has 4 nitrogen and oxygen atoms in total. The molecule has 1 atom stereocenters. The van der Waals surface area contributed by atoms with Gasteiger partial charge in [0.05, 0.1) is 12.5 Å². The molecule has 0 saturated carbocycles. The number of hydrogen-bond donors (Lipinski definition) is 1. The number of esters is 1. The molecular weight excluding hydrogens is 881 g/mol. The summed E-state index contributed by atoms with van der Waals surface area (Å²) in [7, 11) is 0. The Morgan fingerprint density at radius 3 is 0.736 bits per heavy atom. The molecule has 0 aromatic rings. The number of carbonyl (C=O) groups excluding carboxylic acids is 1. The van der Waals surface area contributed by atoms with Gasteiger partial charge in [-0.1, -0.05) is 369 Å². The lowest BCUT2D eigenvalue weighted by Gasteiger charge is -2.12. The van der Waals surface area contributed by atoms with E-state index in [4.69, 9.17) is 4.74 Å². The van der Waals surface area contributed by atoms with Crippen molar-refractivity contribution in [1.82, 2.24) is 0 Å². The fourth-order valence-electron chi connectivity index (χ4n) is 10.7. The van der Waals surface area contributed by atoms with E-state index in [1.807, 2.05) is 0 Å². The Morgan fingerprint density at radius 1 is 0.292 bits per heavy atom. The molecule has 1 N–H and O–H groups in total. The molecule has 0 aliphatic heterocycles. The van der Waals surface area contributed by atoms with Crippen LogP contribution in [0, 0.1) is 17.8 Å². The summed E-state index contributed by atoms with van der Waals surface area (Å²) in [6, 6.07) is 0. The highest BCUT2D eigenvalue weighted by Gasteiger charge is 2.16. The number of hydrogen-bond acceptors (Lipinski definition) is 3. The number of ether oxygens (including phenoxy) is 1. The average molecular weight is 1020 g/mol. The highest BCUT2D eigenvalue weighted by atomic mass is 16.5. The van der Waals surface area contributed by atoms with Gasteiger partial charge in [0.2, 0.25) is 0 Å². The maximum Gasteiger partial charge on any atom is 0.306 e. The van der Waals surface area contributed by atoms with E-state index < -0.39 is 5.97 Å². The van der Waals surface area contributed by atoms with Crippen molar-refractivity contribution in [3.05, 3.63) is 0 Å². The van der Waals surface area contributed by atoms with Crippen LogP contribution in [0.15, 0.2) is 0 Å². The number of carbonyl (C=O) groups is 2. The van der Waals surface area contributed by atoms with Crippen molar-refractivity contribution in [1.29, 1.82) is 0 Å². The largest absolute Gasteiger partial charge is 0.481 e. The molecule has 0 saturated heterocycles. The molecule has 0 fully saturated rings. The highest BCUT2D eigenvalue weighted by Crippen LogP contribution is 2.22. The summed E-state index contributed by atoms with van der Waals surface area (Å²) in [6.45, 7) is 14.5. The molecule has 0 aliphatic rings. The van der Waals surface area contributed by atoms with Crippen LogP contribution in [-0.2, 0) is 14.3 Å². The first-order chi connectivity index (χ1) is 35.2. The summed E-state index contributed by atoms with van der Waals surface area (Å²) in [6.07, 6.45) is 74.2. The molecule has 432 valence electrons. The number of aliphatic carboxylic acids is 1. The molecule has 4 heteroatoms. The number of carboxylic acid groups (broad SMARTS) is 1. The quantitative estimate of drug-likeness (QED) is 0.0487. The van der Waals surface area contributed by atoms with Crippen molar-refractivity contribution in [2.75, 3.05) is 6.61 Å². The standard InChI is InChI=1S/2C34H68O2/c1-4-5-6-7-8-9-10-15-18-21-24-27-30-33(34(35)36)31-28-25-22-19-16-13-11-12-14-17-20-23-26-29-32(2)3;1-4-5-6-7-8-9-10-12-16-19-22-25-28-31-34(35)36-32-29-26-23-20-17-14-11-13-15-18-21-24-27-30-33(2)3/h32-33H,4-31H2,1-3H3,(H,35,36);33H,4-32H2,1-3H3. The molecule has 0 bridgehead atoms. The smallest absolute Gasteiger partial charge is 0.306 e. The first-order valence-electron chi connectivity index (χ1n) is 33.6. The van der Waals surface area contributed by atoms with Crippen LogP contribution in [0.25, 0.3) is 0 Å². The second-order valence-corrected chi connectivity index (χ2v) is 24.3. The lowest BCUT2D eigenvalue weighted by atomic mass is 9.94. The van der Waals surface area contributed by atoms with Crippen molar-refractivity contribution in [2.45, 2.75) is 401 Å². The number of unbranched alkanes of at least 4 members (excludes halogenated alkanes) is 47. The van der Waals surface area contributed by atoms with E-state index in [0.29, 0.717) is 13.0 Å². The van der Waals surface area contributed by atoms with Crippen LogP contribution in [0.1, 0.15) is 401 Å². The van der Waals surface area contributed by atoms with E-state index in [1.165, 1.54) is 315 Å². The molecule has 0 aromatic carbocycles. The fraction of sp³-hybridized carbons (Fsp3) is 0.971. The second kappa shape index (κ2) is 64.2. The van der Waals surface area contributed by atoms with Crippen molar-refractivity contribution >= 4 is 11.9 Å². The van der Waals surface area contributed by atoms with Gasteiger partial charge >= 0.3 is 11.9 Å². The molecule has 0 aliphatic carbocycles. The predicted octanol–water partition coefficient (Wildman–Crippen LogP) is 24.4. The van der Waals surface area contributed by atoms with Crippen LogP contribution < -0.4 is 0 Å². The summed E-state index contributed by atoms with van der Waals surface area (Å²) in [4.78, 5) is 23.5. The Morgan fingerprint density at radius 2 is 0.500 bits per heavy atom. The van der Waals surface area contributed by atoms with E-state index >= 15 is 0 Å². The molecule has 0 radical (unpaired) electrons. The summed E-state index contributed by atoms with van der Waals surface area (Å²) >= 11 is 0. The van der Waals surface area contributed by atoms with Gasteiger partial charge in [-0.25, -0.2) is 0 Å². The van der Waals surface area contributed by atoms with Crippen molar-refractivity contribution < 1.29 is 19.4 Å². The first kappa shape index (κ1) is 73.0. The molecular formula is C68H136O4. The minimum Gasteiger partial charge on any atom is -0.481 e. The van der Waals surface area contributed by atoms with Crippen LogP contribution in [0.4, 0.5) is 0 Å². The van der Waals surface area contributed by atoms with Gasteiger partial charge in [-0.3, -0.25) is 9.59 Å². The van der Waals surface area contributed by atoms with Crippen LogP contribution in [-0.4, -0.2) is 23.7 Å². The van der Waals surface area contributed by atoms with Gasteiger partial charge < -0.3 is 9.84 Å². The van der Waals surface area contributed by atoms with Crippen LogP contribution in [0.3, 0.4) is 0 Å². The normalized spacial score (nSPS) is 11.9.